The highest BCUT2D eigenvalue weighted by Crippen LogP contribution is 2.24. The highest BCUT2D eigenvalue weighted by atomic mass is 35.5. The minimum atomic E-state index is -0.228. The van der Waals surface area contributed by atoms with Crippen molar-refractivity contribution < 1.29 is 9.59 Å². The van der Waals surface area contributed by atoms with Gasteiger partial charge in [-0.2, -0.15) is 0 Å². The van der Waals surface area contributed by atoms with Crippen LogP contribution in [0.1, 0.15) is 10.4 Å². The molecule has 5 rings (SSSR count). The molecule has 0 bridgehead atoms. The molecule has 2 amide bonds. The van der Waals surface area contributed by atoms with Crippen molar-refractivity contribution >= 4 is 29.2 Å². The summed E-state index contributed by atoms with van der Waals surface area (Å²) in [5.74, 6) is 0.459. The van der Waals surface area contributed by atoms with Gasteiger partial charge in [-0.15, -0.1) is 16.8 Å². The van der Waals surface area contributed by atoms with E-state index in [1.165, 1.54) is 10.5 Å². The molecule has 1 fully saturated rings. The molecule has 2 heterocycles. The number of nitrogens with zero attached hydrogens (tertiary/aromatic N) is 5. The molecule has 4 aromatic rings. The number of hydrogen-bond acceptors (Lipinski definition) is 5. The van der Waals surface area contributed by atoms with Crippen molar-refractivity contribution in [2.75, 3.05) is 44.2 Å². The van der Waals surface area contributed by atoms with Crippen molar-refractivity contribution in [2.45, 2.75) is 0 Å². The molecule has 3 aromatic carbocycles. The summed E-state index contributed by atoms with van der Waals surface area (Å²) < 4.78 is 0. The van der Waals surface area contributed by atoms with E-state index in [0.29, 0.717) is 36.8 Å². The number of hydrogen-bond donors (Lipinski definition) is 0. The van der Waals surface area contributed by atoms with Crippen molar-refractivity contribution in [3.63, 3.8) is 0 Å². The Labute approximate surface area is 239 Å². The van der Waals surface area contributed by atoms with E-state index in [1.54, 1.807) is 35.2 Å². The standard InChI is InChI=1S/C32H30ClN5O2/c1-2-18-38(32(40)27-12-14-28(33)15-13-27)23-31(39)37-21-19-36(20-22-37)30-17-16-29(34-35-30)26-10-8-25(9-11-26)24-6-4-3-5-7-24/h2-17H,1,18-23H2. The van der Waals surface area contributed by atoms with Gasteiger partial charge in [-0.05, 0) is 47.5 Å². The van der Waals surface area contributed by atoms with Crippen LogP contribution in [0.25, 0.3) is 22.4 Å². The van der Waals surface area contributed by atoms with E-state index in [9.17, 15) is 9.59 Å². The van der Waals surface area contributed by atoms with Gasteiger partial charge >= 0.3 is 0 Å². The Bertz CT molecular complexity index is 1450. The van der Waals surface area contributed by atoms with Gasteiger partial charge in [-0.1, -0.05) is 72.3 Å². The van der Waals surface area contributed by atoms with E-state index < -0.39 is 0 Å². The topological polar surface area (TPSA) is 69.6 Å². The molecule has 1 aliphatic rings. The lowest BCUT2D eigenvalue weighted by atomic mass is 10.0. The monoisotopic (exact) mass is 551 g/mol. The summed E-state index contributed by atoms with van der Waals surface area (Å²) in [5.41, 5.74) is 4.63. The van der Waals surface area contributed by atoms with Gasteiger partial charge in [0.1, 0.15) is 6.54 Å². The third kappa shape index (κ3) is 6.38. The first-order valence-electron chi connectivity index (χ1n) is 13.2. The van der Waals surface area contributed by atoms with Crippen LogP contribution in [0.2, 0.25) is 5.02 Å². The zero-order valence-corrected chi connectivity index (χ0v) is 22.9. The maximum atomic E-state index is 13.1. The van der Waals surface area contributed by atoms with Crippen LogP contribution in [0, 0.1) is 0 Å². The SMILES string of the molecule is C=CCN(CC(=O)N1CCN(c2ccc(-c3ccc(-c4ccccc4)cc3)nn2)CC1)C(=O)c1ccc(Cl)cc1. The molecule has 202 valence electrons. The Kier molecular flexibility index (Phi) is 8.52. The van der Waals surface area contributed by atoms with E-state index in [4.69, 9.17) is 11.6 Å². The lowest BCUT2D eigenvalue weighted by Gasteiger charge is -2.36. The van der Waals surface area contributed by atoms with Crippen molar-refractivity contribution in [1.82, 2.24) is 20.0 Å². The number of rotatable bonds is 8. The van der Waals surface area contributed by atoms with Gasteiger partial charge in [-0.25, -0.2) is 0 Å². The van der Waals surface area contributed by atoms with E-state index >= 15 is 0 Å². The minimum absolute atomic E-state index is 0.00888. The molecule has 1 aliphatic heterocycles. The average molecular weight is 552 g/mol. The van der Waals surface area contributed by atoms with Crippen LogP contribution in [0.3, 0.4) is 0 Å². The Morgan fingerprint density at radius 3 is 2.08 bits per heavy atom. The molecular formula is C32H30ClN5O2. The maximum Gasteiger partial charge on any atom is 0.254 e. The first-order valence-corrected chi connectivity index (χ1v) is 13.6. The summed E-state index contributed by atoms with van der Waals surface area (Å²) in [6.07, 6.45) is 1.62. The molecule has 8 heteroatoms. The summed E-state index contributed by atoms with van der Waals surface area (Å²) >= 11 is 5.95. The number of halogens is 1. The molecular weight excluding hydrogens is 522 g/mol. The van der Waals surface area contributed by atoms with Crippen molar-refractivity contribution in [3.8, 4) is 22.4 Å². The number of anilines is 1. The number of piperazine rings is 1. The van der Waals surface area contributed by atoms with Gasteiger partial charge in [0.25, 0.3) is 5.91 Å². The van der Waals surface area contributed by atoms with Gasteiger partial charge in [0.15, 0.2) is 5.82 Å². The van der Waals surface area contributed by atoms with E-state index in [-0.39, 0.29) is 24.9 Å². The van der Waals surface area contributed by atoms with Gasteiger partial charge in [-0.3, -0.25) is 9.59 Å². The Morgan fingerprint density at radius 1 is 0.800 bits per heavy atom. The second-order valence-electron chi connectivity index (χ2n) is 9.57. The smallest absolute Gasteiger partial charge is 0.254 e. The molecule has 0 aliphatic carbocycles. The third-order valence-corrected chi connectivity index (χ3v) is 7.20. The predicted molar refractivity (Wildman–Crippen MR) is 159 cm³/mol. The molecule has 1 saturated heterocycles. The van der Waals surface area contributed by atoms with E-state index in [1.807, 2.05) is 30.3 Å². The Hall–Kier alpha value is -4.49. The summed E-state index contributed by atoms with van der Waals surface area (Å²) in [6.45, 7) is 6.37. The van der Waals surface area contributed by atoms with Crippen LogP contribution >= 0.6 is 11.6 Å². The molecule has 0 atom stereocenters. The molecule has 0 radical (unpaired) electrons. The quantitative estimate of drug-likeness (QED) is 0.273. The summed E-state index contributed by atoms with van der Waals surface area (Å²) in [6, 6.07) is 29.2. The molecule has 40 heavy (non-hydrogen) atoms. The zero-order chi connectivity index (χ0) is 27.9. The van der Waals surface area contributed by atoms with Crippen molar-refractivity contribution in [2.24, 2.45) is 0 Å². The molecule has 7 nitrogen and oxygen atoms in total. The van der Waals surface area contributed by atoms with Gasteiger partial charge in [0, 0.05) is 48.9 Å². The van der Waals surface area contributed by atoms with Crippen LogP contribution in [0.15, 0.2) is 104 Å². The van der Waals surface area contributed by atoms with Gasteiger partial charge in [0.05, 0.1) is 5.69 Å². The third-order valence-electron chi connectivity index (χ3n) is 6.95. The summed E-state index contributed by atoms with van der Waals surface area (Å²) in [5, 5.41) is 9.48. The Morgan fingerprint density at radius 2 is 1.45 bits per heavy atom. The molecule has 0 unspecified atom stereocenters. The maximum absolute atomic E-state index is 13.1. The second kappa shape index (κ2) is 12.6. The zero-order valence-electron chi connectivity index (χ0n) is 22.1. The van der Waals surface area contributed by atoms with E-state index in [0.717, 1.165) is 22.6 Å². The van der Waals surface area contributed by atoms with Crippen LogP contribution in [0.5, 0.6) is 0 Å². The second-order valence-corrected chi connectivity index (χ2v) is 10.0. The number of aromatic nitrogens is 2. The van der Waals surface area contributed by atoms with Gasteiger partial charge < -0.3 is 14.7 Å². The number of amides is 2. The van der Waals surface area contributed by atoms with E-state index in [2.05, 4.69) is 58.1 Å². The summed E-state index contributed by atoms with van der Waals surface area (Å²) in [7, 11) is 0. The average Bonchev–Trinajstić information content (AvgIpc) is 3.01. The molecule has 0 N–H and O–H groups in total. The van der Waals surface area contributed by atoms with Crippen LogP contribution in [-0.4, -0.2) is 71.1 Å². The first-order chi connectivity index (χ1) is 19.5. The van der Waals surface area contributed by atoms with Crippen molar-refractivity contribution in [3.05, 3.63) is 114 Å². The van der Waals surface area contributed by atoms with Crippen LogP contribution < -0.4 is 4.90 Å². The largest absolute Gasteiger partial charge is 0.352 e. The minimum Gasteiger partial charge on any atom is -0.352 e. The fourth-order valence-corrected chi connectivity index (χ4v) is 4.84. The molecule has 1 aromatic heterocycles. The normalized spacial score (nSPS) is 13.1. The number of carbonyl (C=O) groups excluding carboxylic acids is 2. The number of carbonyl (C=O) groups is 2. The molecule has 0 spiro atoms. The lowest BCUT2D eigenvalue weighted by molar-refractivity contribution is -0.132. The van der Waals surface area contributed by atoms with Crippen LogP contribution in [0.4, 0.5) is 5.82 Å². The highest BCUT2D eigenvalue weighted by molar-refractivity contribution is 6.30. The fourth-order valence-electron chi connectivity index (χ4n) is 4.71. The fraction of sp³-hybridized carbons (Fsp3) is 0.188. The van der Waals surface area contributed by atoms with Crippen molar-refractivity contribution in [1.29, 1.82) is 0 Å². The van der Waals surface area contributed by atoms with Gasteiger partial charge in [0.2, 0.25) is 5.91 Å². The Balaban J connectivity index is 1.16. The number of benzene rings is 3. The highest BCUT2D eigenvalue weighted by Gasteiger charge is 2.25. The first kappa shape index (κ1) is 27.1. The molecule has 0 saturated carbocycles. The summed E-state index contributed by atoms with van der Waals surface area (Å²) in [4.78, 5) is 31.4. The lowest BCUT2D eigenvalue weighted by Crippen LogP contribution is -2.52. The van der Waals surface area contributed by atoms with Crippen LogP contribution in [-0.2, 0) is 4.79 Å². The predicted octanol–water partition coefficient (Wildman–Crippen LogP) is 5.44.